The second-order valence-electron chi connectivity index (χ2n) is 5.25. The van der Waals surface area contributed by atoms with Crippen molar-refractivity contribution >= 4 is 0 Å². The molecule has 0 spiro atoms. The van der Waals surface area contributed by atoms with Crippen LogP contribution in [0.15, 0.2) is 0 Å². The summed E-state index contributed by atoms with van der Waals surface area (Å²) in [7, 11) is 3.18. The quantitative estimate of drug-likeness (QED) is 0.682. The molecule has 4 heteroatoms. The Morgan fingerprint density at radius 2 is 1.47 bits per heavy atom. The van der Waals surface area contributed by atoms with Gasteiger partial charge in [0, 0.05) is 14.2 Å². The van der Waals surface area contributed by atoms with E-state index in [1.165, 1.54) is 0 Å². The van der Waals surface area contributed by atoms with E-state index in [4.69, 9.17) is 9.47 Å². The third kappa shape index (κ3) is 3.91. The van der Waals surface area contributed by atoms with E-state index in [0.717, 1.165) is 6.42 Å². The van der Waals surface area contributed by atoms with Gasteiger partial charge in [0.1, 0.15) is 0 Å². The number of aliphatic hydroxyl groups excluding tert-OH is 2. The minimum absolute atomic E-state index is 0.234. The average Bonchev–Trinajstić information content (AvgIpc) is 2.21. The van der Waals surface area contributed by atoms with Crippen LogP contribution in [-0.2, 0) is 9.47 Å². The number of rotatable bonds is 8. The zero-order chi connectivity index (χ0) is 13.6. The van der Waals surface area contributed by atoms with E-state index in [-0.39, 0.29) is 12.7 Å². The van der Waals surface area contributed by atoms with Gasteiger partial charge in [-0.05, 0) is 26.2 Å². The number of hydrogen-bond donors (Lipinski definition) is 2. The summed E-state index contributed by atoms with van der Waals surface area (Å²) in [4.78, 5) is 0. The SMILES string of the molecule is COCC(C(C)O)(C(C)O)C(CC(C)C)OC. The van der Waals surface area contributed by atoms with E-state index >= 15 is 0 Å². The Morgan fingerprint density at radius 1 is 1.00 bits per heavy atom. The van der Waals surface area contributed by atoms with Crippen LogP contribution in [0.2, 0.25) is 0 Å². The molecule has 0 aromatic carbocycles. The molecule has 3 unspecified atom stereocenters. The van der Waals surface area contributed by atoms with E-state index < -0.39 is 17.6 Å². The van der Waals surface area contributed by atoms with Gasteiger partial charge in [0.25, 0.3) is 0 Å². The maximum atomic E-state index is 10.1. The van der Waals surface area contributed by atoms with Crippen molar-refractivity contribution < 1.29 is 19.7 Å². The van der Waals surface area contributed by atoms with Crippen LogP contribution < -0.4 is 0 Å². The second-order valence-corrected chi connectivity index (χ2v) is 5.25. The largest absolute Gasteiger partial charge is 0.393 e. The molecule has 0 heterocycles. The van der Waals surface area contributed by atoms with Gasteiger partial charge in [-0.25, -0.2) is 0 Å². The van der Waals surface area contributed by atoms with Gasteiger partial charge in [-0.2, -0.15) is 0 Å². The van der Waals surface area contributed by atoms with Gasteiger partial charge in [-0.3, -0.25) is 0 Å². The highest BCUT2D eigenvalue weighted by molar-refractivity contribution is 4.96. The Labute approximate surface area is 105 Å². The Hall–Kier alpha value is -0.160. The smallest absolute Gasteiger partial charge is 0.0711 e. The molecule has 0 rings (SSSR count). The summed E-state index contributed by atoms with van der Waals surface area (Å²) < 4.78 is 10.7. The first-order valence-electron chi connectivity index (χ1n) is 6.20. The van der Waals surface area contributed by atoms with Crippen molar-refractivity contribution in [3.05, 3.63) is 0 Å². The number of ether oxygens (including phenoxy) is 2. The standard InChI is InChI=1S/C13H28O4/c1-9(2)7-12(17-6)13(8-16-5,10(3)14)11(4)15/h9-12,14-15H,7-8H2,1-6H3. The van der Waals surface area contributed by atoms with Crippen LogP contribution in [0.3, 0.4) is 0 Å². The summed E-state index contributed by atoms with van der Waals surface area (Å²) in [5, 5.41) is 20.1. The van der Waals surface area contributed by atoms with Crippen LogP contribution in [0, 0.1) is 11.3 Å². The molecule has 0 radical (unpaired) electrons. The first-order chi connectivity index (χ1) is 7.82. The van der Waals surface area contributed by atoms with E-state index in [0.29, 0.717) is 5.92 Å². The molecule has 0 fully saturated rings. The molecule has 0 aromatic heterocycles. The van der Waals surface area contributed by atoms with Gasteiger partial charge in [-0.1, -0.05) is 13.8 Å². The molecule has 0 aliphatic heterocycles. The first-order valence-corrected chi connectivity index (χ1v) is 6.20. The molecular weight excluding hydrogens is 220 g/mol. The molecular formula is C13H28O4. The number of methoxy groups -OCH3 is 2. The average molecular weight is 248 g/mol. The van der Waals surface area contributed by atoms with E-state index in [2.05, 4.69) is 13.8 Å². The molecule has 0 amide bonds. The first kappa shape index (κ1) is 16.8. The summed E-state index contributed by atoms with van der Waals surface area (Å²) in [6, 6.07) is 0. The molecule has 0 aromatic rings. The van der Waals surface area contributed by atoms with Gasteiger partial charge in [0.05, 0.1) is 30.3 Å². The Kier molecular flexibility index (Phi) is 7.24. The van der Waals surface area contributed by atoms with Crippen LogP contribution in [0.1, 0.15) is 34.1 Å². The van der Waals surface area contributed by atoms with Crippen LogP contribution >= 0.6 is 0 Å². The molecule has 0 saturated heterocycles. The molecule has 17 heavy (non-hydrogen) atoms. The number of aliphatic hydroxyl groups is 2. The third-order valence-corrected chi connectivity index (χ3v) is 3.52. The normalized spacial score (nSPS) is 21.0. The fourth-order valence-electron chi connectivity index (χ4n) is 2.43. The predicted octanol–water partition coefficient (Wildman–Crippen LogP) is 1.44. The highest BCUT2D eigenvalue weighted by atomic mass is 16.5. The predicted molar refractivity (Wildman–Crippen MR) is 67.9 cm³/mol. The summed E-state index contributed by atoms with van der Waals surface area (Å²) in [5.41, 5.74) is -0.784. The molecule has 0 aliphatic rings. The van der Waals surface area contributed by atoms with Crippen molar-refractivity contribution in [3.63, 3.8) is 0 Å². The zero-order valence-electron chi connectivity index (χ0n) is 11.9. The Balaban J connectivity index is 5.21. The lowest BCUT2D eigenvalue weighted by atomic mass is 9.71. The van der Waals surface area contributed by atoms with Crippen molar-refractivity contribution in [2.75, 3.05) is 20.8 Å². The van der Waals surface area contributed by atoms with Crippen molar-refractivity contribution in [1.29, 1.82) is 0 Å². The van der Waals surface area contributed by atoms with E-state index in [1.807, 2.05) is 0 Å². The van der Waals surface area contributed by atoms with Crippen molar-refractivity contribution in [2.24, 2.45) is 11.3 Å². The molecule has 0 bridgehead atoms. The van der Waals surface area contributed by atoms with Crippen molar-refractivity contribution in [2.45, 2.75) is 52.4 Å². The van der Waals surface area contributed by atoms with Crippen LogP contribution in [0.25, 0.3) is 0 Å². The third-order valence-electron chi connectivity index (χ3n) is 3.52. The van der Waals surface area contributed by atoms with Gasteiger partial charge in [-0.15, -0.1) is 0 Å². The fourth-order valence-corrected chi connectivity index (χ4v) is 2.43. The minimum Gasteiger partial charge on any atom is -0.393 e. The lowest BCUT2D eigenvalue weighted by Crippen LogP contribution is -2.55. The maximum Gasteiger partial charge on any atom is 0.0711 e. The Morgan fingerprint density at radius 3 is 1.71 bits per heavy atom. The molecule has 4 nitrogen and oxygen atoms in total. The van der Waals surface area contributed by atoms with Gasteiger partial charge in [0.15, 0.2) is 0 Å². The lowest BCUT2D eigenvalue weighted by molar-refractivity contribution is -0.170. The second kappa shape index (κ2) is 7.31. The molecule has 0 saturated carbocycles. The van der Waals surface area contributed by atoms with Gasteiger partial charge >= 0.3 is 0 Å². The maximum absolute atomic E-state index is 10.1. The molecule has 0 aliphatic carbocycles. The highest BCUT2D eigenvalue weighted by Crippen LogP contribution is 2.36. The zero-order valence-corrected chi connectivity index (χ0v) is 11.9. The van der Waals surface area contributed by atoms with Crippen LogP contribution in [0.4, 0.5) is 0 Å². The monoisotopic (exact) mass is 248 g/mol. The summed E-state index contributed by atoms with van der Waals surface area (Å²) in [6.07, 6.45) is -0.866. The molecule has 2 N–H and O–H groups in total. The Bertz CT molecular complexity index is 194. The molecule has 3 atom stereocenters. The van der Waals surface area contributed by atoms with Crippen molar-refractivity contribution in [1.82, 2.24) is 0 Å². The minimum atomic E-state index is -0.784. The number of hydrogen-bond acceptors (Lipinski definition) is 4. The van der Waals surface area contributed by atoms with Gasteiger partial charge < -0.3 is 19.7 Å². The topological polar surface area (TPSA) is 58.9 Å². The highest BCUT2D eigenvalue weighted by Gasteiger charge is 2.47. The summed E-state index contributed by atoms with van der Waals surface area (Å²) >= 11 is 0. The lowest BCUT2D eigenvalue weighted by Gasteiger charge is -2.44. The summed E-state index contributed by atoms with van der Waals surface area (Å²) in [6.45, 7) is 7.81. The van der Waals surface area contributed by atoms with Crippen LogP contribution in [0.5, 0.6) is 0 Å². The van der Waals surface area contributed by atoms with Crippen molar-refractivity contribution in [3.8, 4) is 0 Å². The van der Waals surface area contributed by atoms with Gasteiger partial charge in [0.2, 0.25) is 0 Å². The van der Waals surface area contributed by atoms with Crippen LogP contribution in [-0.4, -0.2) is 49.4 Å². The summed E-state index contributed by atoms with van der Waals surface area (Å²) in [5.74, 6) is 0.425. The molecule has 104 valence electrons. The van der Waals surface area contributed by atoms with E-state index in [9.17, 15) is 10.2 Å². The fraction of sp³-hybridized carbons (Fsp3) is 1.00. The van der Waals surface area contributed by atoms with E-state index in [1.54, 1.807) is 28.1 Å².